The fourth-order valence-corrected chi connectivity index (χ4v) is 4.00. The standard InChI is InChI=1S/C17H13FN4O2S2/c1-10-9-22-15(13-7-8-19-16(20-13)26(2,23)24)14(21-17(22)25-10)11-3-5-12(18)6-4-11/h3-9H,1-2H3. The summed E-state index contributed by atoms with van der Waals surface area (Å²) >= 11 is 1.51. The molecule has 0 unspecified atom stereocenters. The van der Waals surface area contributed by atoms with E-state index in [0.29, 0.717) is 17.1 Å². The van der Waals surface area contributed by atoms with E-state index in [1.165, 1.54) is 29.7 Å². The van der Waals surface area contributed by atoms with Gasteiger partial charge < -0.3 is 0 Å². The Bertz CT molecular complexity index is 1230. The molecule has 0 aliphatic carbocycles. The van der Waals surface area contributed by atoms with E-state index in [1.54, 1.807) is 18.2 Å². The van der Waals surface area contributed by atoms with Crippen LogP contribution in [0.25, 0.3) is 27.6 Å². The second-order valence-corrected chi connectivity index (χ2v) is 8.93. The Hall–Kier alpha value is -2.65. The number of imidazole rings is 1. The molecular formula is C17H13FN4O2S2. The van der Waals surface area contributed by atoms with Crippen LogP contribution in [-0.4, -0.2) is 34.0 Å². The van der Waals surface area contributed by atoms with Crippen molar-refractivity contribution < 1.29 is 12.8 Å². The van der Waals surface area contributed by atoms with Crippen molar-refractivity contribution in [1.29, 1.82) is 0 Å². The van der Waals surface area contributed by atoms with Crippen LogP contribution in [-0.2, 0) is 9.84 Å². The fourth-order valence-electron chi connectivity index (χ4n) is 2.66. The van der Waals surface area contributed by atoms with E-state index in [4.69, 9.17) is 0 Å². The number of nitrogens with zero attached hydrogens (tertiary/aromatic N) is 4. The lowest BCUT2D eigenvalue weighted by Crippen LogP contribution is -2.05. The largest absolute Gasteiger partial charge is 0.288 e. The number of sulfone groups is 1. The van der Waals surface area contributed by atoms with Gasteiger partial charge in [-0.25, -0.2) is 27.8 Å². The first-order valence-electron chi connectivity index (χ1n) is 7.61. The van der Waals surface area contributed by atoms with Crippen molar-refractivity contribution in [3.8, 4) is 22.6 Å². The van der Waals surface area contributed by atoms with Crippen molar-refractivity contribution in [3.63, 3.8) is 0 Å². The first-order chi connectivity index (χ1) is 12.3. The number of halogens is 1. The molecule has 0 aliphatic rings. The minimum absolute atomic E-state index is 0.248. The van der Waals surface area contributed by atoms with Crippen LogP contribution in [0.3, 0.4) is 0 Å². The van der Waals surface area contributed by atoms with Crippen molar-refractivity contribution in [2.75, 3.05) is 6.26 Å². The molecule has 6 nitrogen and oxygen atoms in total. The Kier molecular flexibility index (Phi) is 3.85. The highest BCUT2D eigenvalue weighted by Crippen LogP contribution is 2.34. The quantitative estimate of drug-likeness (QED) is 0.503. The van der Waals surface area contributed by atoms with Gasteiger partial charge in [0.05, 0.1) is 11.4 Å². The van der Waals surface area contributed by atoms with Gasteiger partial charge in [0.1, 0.15) is 11.5 Å². The van der Waals surface area contributed by atoms with Crippen LogP contribution in [0, 0.1) is 12.7 Å². The average Bonchev–Trinajstić information content (AvgIpc) is 3.10. The molecule has 0 radical (unpaired) electrons. The predicted molar refractivity (Wildman–Crippen MR) is 97.3 cm³/mol. The van der Waals surface area contributed by atoms with Crippen molar-refractivity contribution in [3.05, 3.63) is 53.4 Å². The van der Waals surface area contributed by atoms with Crippen molar-refractivity contribution in [2.24, 2.45) is 0 Å². The normalized spacial score (nSPS) is 12.0. The fraction of sp³-hybridized carbons (Fsp3) is 0.118. The third-order valence-electron chi connectivity index (χ3n) is 3.77. The second kappa shape index (κ2) is 5.96. The van der Waals surface area contributed by atoms with Crippen LogP contribution in [0.5, 0.6) is 0 Å². The maximum Gasteiger partial charge on any atom is 0.247 e. The van der Waals surface area contributed by atoms with Crippen LogP contribution in [0.15, 0.2) is 47.9 Å². The molecule has 1 aromatic carbocycles. The van der Waals surface area contributed by atoms with Gasteiger partial charge in [-0.1, -0.05) is 0 Å². The molecule has 4 rings (SSSR count). The third-order valence-corrected chi connectivity index (χ3v) is 5.53. The van der Waals surface area contributed by atoms with Gasteiger partial charge in [0.2, 0.25) is 15.0 Å². The van der Waals surface area contributed by atoms with Crippen molar-refractivity contribution in [1.82, 2.24) is 19.4 Å². The van der Waals surface area contributed by atoms with E-state index < -0.39 is 9.84 Å². The number of aryl methyl sites for hydroxylation is 1. The Labute approximate surface area is 152 Å². The van der Waals surface area contributed by atoms with Gasteiger partial charge in [-0.2, -0.15) is 0 Å². The molecule has 0 bridgehead atoms. The predicted octanol–water partition coefficient (Wildman–Crippen LogP) is 3.37. The van der Waals surface area contributed by atoms with Gasteiger partial charge in [-0.05, 0) is 37.3 Å². The Morgan fingerprint density at radius 1 is 1.12 bits per heavy atom. The SMILES string of the molecule is Cc1cn2c(-c3ccnc(S(C)(=O)=O)n3)c(-c3ccc(F)cc3)nc2s1. The first kappa shape index (κ1) is 16.8. The molecule has 9 heteroatoms. The molecule has 0 aliphatic heterocycles. The summed E-state index contributed by atoms with van der Waals surface area (Å²) < 4.78 is 38.8. The van der Waals surface area contributed by atoms with E-state index in [2.05, 4.69) is 15.0 Å². The van der Waals surface area contributed by atoms with Gasteiger partial charge in [-0.3, -0.25) is 4.40 Å². The molecule has 0 N–H and O–H groups in total. The molecular weight excluding hydrogens is 375 g/mol. The summed E-state index contributed by atoms with van der Waals surface area (Å²) in [7, 11) is -3.55. The third kappa shape index (κ3) is 2.89. The number of benzene rings is 1. The Balaban J connectivity index is 2.01. The minimum atomic E-state index is -3.55. The highest BCUT2D eigenvalue weighted by Gasteiger charge is 2.21. The Morgan fingerprint density at radius 2 is 1.85 bits per heavy atom. The van der Waals surface area contributed by atoms with Crippen LogP contribution in [0.2, 0.25) is 0 Å². The zero-order chi connectivity index (χ0) is 18.5. The van der Waals surface area contributed by atoms with Crippen LogP contribution < -0.4 is 0 Å². The summed E-state index contributed by atoms with van der Waals surface area (Å²) in [4.78, 5) is 14.5. The van der Waals surface area contributed by atoms with Gasteiger partial charge >= 0.3 is 0 Å². The number of hydrogen-bond donors (Lipinski definition) is 0. The lowest BCUT2D eigenvalue weighted by molar-refractivity contribution is 0.593. The Morgan fingerprint density at radius 3 is 2.54 bits per heavy atom. The van der Waals surface area contributed by atoms with Crippen LogP contribution in [0.1, 0.15) is 4.88 Å². The van der Waals surface area contributed by atoms with Crippen LogP contribution in [0.4, 0.5) is 4.39 Å². The average molecular weight is 388 g/mol. The lowest BCUT2D eigenvalue weighted by Gasteiger charge is -2.05. The second-order valence-electron chi connectivity index (χ2n) is 5.81. The van der Waals surface area contributed by atoms with Gasteiger partial charge in [0.25, 0.3) is 0 Å². The van der Waals surface area contributed by atoms with Gasteiger partial charge in [0, 0.05) is 29.1 Å². The maximum absolute atomic E-state index is 13.3. The molecule has 0 fully saturated rings. The first-order valence-corrected chi connectivity index (χ1v) is 10.3. The summed E-state index contributed by atoms with van der Waals surface area (Å²) in [6.45, 7) is 1.96. The minimum Gasteiger partial charge on any atom is -0.288 e. The number of aromatic nitrogens is 4. The molecule has 3 heterocycles. The van der Waals surface area contributed by atoms with E-state index in [1.807, 2.05) is 17.5 Å². The molecule has 132 valence electrons. The highest BCUT2D eigenvalue weighted by atomic mass is 32.2. The summed E-state index contributed by atoms with van der Waals surface area (Å²) in [5, 5.41) is -0.248. The summed E-state index contributed by atoms with van der Waals surface area (Å²) in [5.74, 6) is -0.339. The number of hydrogen-bond acceptors (Lipinski definition) is 6. The monoisotopic (exact) mass is 388 g/mol. The van der Waals surface area contributed by atoms with Crippen molar-refractivity contribution in [2.45, 2.75) is 12.1 Å². The van der Waals surface area contributed by atoms with Gasteiger partial charge in [0.15, 0.2) is 4.96 Å². The molecule has 26 heavy (non-hydrogen) atoms. The van der Waals surface area contributed by atoms with E-state index in [0.717, 1.165) is 21.7 Å². The lowest BCUT2D eigenvalue weighted by atomic mass is 10.1. The highest BCUT2D eigenvalue weighted by molar-refractivity contribution is 7.90. The van der Waals surface area contributed by atoms with E-state index in [-0.39, 0.29) is 11.0 Å². The molecule has 0 spiro atoms. The summed E-state index contributed by atoms with van der Waals surface area (Å²) in [6, 6.07) is 7.63. The summed E-state index contributed by atoms with van der Waals surface area (Å²) in [6.07, 6.45) is 4.39. The number of rotatable bonds is 3. The molecule has 3 aromatic heterocycles. The zero-order valence-corrected chi connectivity index (χ0v) is 15.5. The van der Waals surface area contributed by atoms with E-state index in [9.17, 15) is 12.8 Å². The number of thiazole rings is 1. The van der Waals surface area contributed by atoms with E-state index >= 15 is 0 Å². The zero-order valence-electron chi connectivity index (χ0n) is 13.8. The molecule has 0 saturated heterocycles. The molecule has 0 atom stereocenters. The number of fused-ring (bicyclic) bond motifs is 1. The smallest absolute Gasteiger partial charge is 0.247 e. The van der Waals surface area contributed by atoms with Gasteiger partial charge in [-0.15, -0.1) is 11.3 Å². The van der Waals surface area contributed by atoms with Crippen LogP contribution >= 0.6 is 11.3 Å². The van der Waals surface area contributed by atoms with Crippen molar-refractivity contribution >= 4 is 26.1 Å². The maximum atomic E-state index is 13.3. The molecule has 0 saturated carbocycles. The molecule has 4 aromatic rings. The molecule has 0 amide bonds. The topological polar surface area (TPSA) is 77.2 Å². The summed E-state index contributed by atoms with van der Waals surface area (Å²) in [5.41, 5.74) is 2.40.